The van der Waals surface area contributed by atoms with Crippen LogP contribution in [0.15, 0.2) is 59.1 Å². The fraction of sp³-hybridized carbons (Fsp3) is 0.176. The number of hydrogen-bond donors (Lipinski definition) is 1. The molecule has 0 spiro atoms. The van der Waals surface area contributed by atoms with E-state index in [-0.39, 0.29) is 0 Å². The first-order chi connectivity index (χ1) is 9.74. The minimum absolute atomic E-state index is 0.918. The maximum absolute atomic E-state index is 3.46. The third-order valence-electron chi connectivity index (χ3n) is 3.53. The van der Waals surface area contributed by atoms with Gasteiger partial charge in [0.05, 0.1) is 0 Å². The molecule has 0 aliphatic heterocycles. The Hall–Kier alpha value is -1.74. The van der Waals surface area contributed by atoms with Crippen LogP contribution in [-0.2, 0) is 6.54 Å². The van der Waals surface area contributed by atoms with Crippen LogP contribution in [0.2, 0.25) is 0 Å². The lowest BCUT2D eigenvalue weighted by Gasteiger charge is -2.10. The average Bonchev–Trinajstić information content (AvgIpc) is 2.77. The quantitative estimate of drug-likeness (QED) is 0.726. The standard InChI is InChI=1S/C17H17BrN2/c1-13-12-14-4-2-3-5-17(14)20(13)11-10-19-16-8-6-15(18)7-9-16/h2-9,12,19H,10-11H2,1H3. The summed E-state index contributed by atoms with van der Waals surface area (Å²) < 4.78 is 3.47. The van der Waals surface area contributed by atoms with Gasteiger partial charge in [-0.2, -0.15) is 0 Å². The predicted molar refractivity (Wildman–Crippen MR) is 89.3 cm³/mol. The second kappa shape index (κ2) is 5.71. The van der Waals surface area contributed by atoms with Crippen LogP contribution in [0.3, 0.4) is 0 Å². The number of rotatable bonds is 4. The minimum atomic E-state index is 0.918. The largest absolute Gasteiger partial charge is 0.383 e. The van der Waals surface area contributed by atoms with Crippen LogP contribution in [0.4, 0.5) is 5.69 Å². The molecule has 0 aliphatic rings. The fourth-order valence-corrected chi connectivity index (χ4v) is 2.79. The SMILES string of the molecule is Cc1cc2ccccc2n1CCNc1ccc(Br)cc1. The van der Waals surface area contributed by atoms with Crippen molar-refractivity contribution in [1.82, 2.24) is 4.57 Å². The summed E-state index contributed by atoms with van der Waals surface area (Å²) in [5, 5.41) is 4.77. The normalized spacial score (nSPS) is 10.9. The molecule has 0 aliphatic carbocycles. The zero-order valence-corrected chi connectivity index (χ0v) is 13.0. The van der Waals surface area contributed by atoms with Gasteiger partial charge in [0.25, 0.3) is 0 Å². The van der Waals surface area contributed by atoms with E-state index in [1.807, 2.05) is 0 Å². The maximum Gasteiger partial charge on any atom is 0.0483 e. The predicted octanol–water partition coefficient (Wildman–Crippen LogP) is 4.82. The summed E-state index contributed by atoms with van der Waals surface area (Å²) in [5.74, 6) is 0. The third kappa shape index (κ3) is 2.73. The van der Waals surface area contributed by atoms with Crippen molar-refractivity contribution in [2.75, 3.05) is 11.9 Å². The number of hydrogen-bond acceptors (Lipinski definition) is 1. The van der Waals surface area contributed by atoms with Crippen LogP contribution < -0.4 is 5.32 Å². The number of aryl methyl sites for hydroxylation is 1. The van der Waals surface area contributed by atoms with Gasteiger partial charge in [-0.1, -0.05) is 34.1 Å². The van der Waals surface area contributed by atoms with Crippen molar-refractivity contribution < 1.29 is 0 Å². The Morgan fingerprint density at radius 1 is 1.05 bits per heavy atom. The molecule has 0 amide bonds. The Bertz CT molecular complexity index is 713. The number of benzene rings is 2. The summed E-state index contributed by atoms with van der Waals surface area (Å²) in [4.78, 5) is 0. The summed E-state index contributed by atoms with van der Waals surface area (Å²) in [6, 6.07) is 19.1. The van der Waals surface area contributed by atoms with E-state index in [1.54, 1.807) is 0 Å². The lowest BCUT2D eigenvalue weighted by Crippen LogP contribution is -2.11. The second-order valence-electron chi connectivity index (χ2n) is 4.93. The molecule has 102 valence electrons. The minimum Gasteiger partial charge on any atom is -0.383 e. The number of halogens is 1. The third-order valence-corrected chi connectivity index (χ3v) is 4.06. The van der Waals surface area contributed by atoms with E-state index in [0.717, 1.165) is 23.2 Å². The van der Waals surface area contributed by atoms with Gasteiger partial charge >= 0.3 is 0 Å². The van der Waals surface area contributed by atoms with Gasteiger partial charge in [-0.15, -0.1) is 0 Å². The molecule has 0 saturated carbocycles. The molecule has 0 radical (unpaired) electrons. The summed E-state index contributed by atoms with van der Waals surface area (Å²) in [6.07, 6.45) is 0. The van der Waals surface area contributed by atoms with E-state index in [0.29, 0.717) is 0 Å². The molecule has 0 fully saturated rings. The van der Waals surface area contributed by atoms with Gasteiger partial charge in [-0.3, -0.25) is 0 Å². The van der Waals surface area contributed by atoms with Crippen molar-refractivity contribution in [3.63, 3.8) is 0 Å². The van der Waals surface area contributed by atoms with Crippen LogP contribution >= 0.6 is 15.9 Å². The van der Waals surface area contributed by atoms with Crippen molar-refractivity contribution in [2.24, 2.45) is 0 Å². The van der Waals surface area contributed by atoms with Crippen LogP contribution in [0, 0.1) is 6.92 Å². The average molecular weight is 329 g/mol. The van der Waals surface area contributed by atoms with Crippen molar-refractivity contribution in [2.45, 2.75) is 13.5 Å². The van der Waals surface area contributed by atoms with E-state index < -0.39 is 0 Å². The van der Waals surface area contributed by atoms with Gasteiger partial charge in [0.15, 0.2) is 0 Å². The van der Waals surface area contributed by atoms with Crippen LogP contribution in [-0.4, -0.2) is 11.1 Å². The van der Waals surface area contributed by atoms with E-state index in [9.17, 15) is 0 Å². The Kier molecular flexibility index (Phi) is 3.79. The number of nitrogens with zero attached hydrogens (tertiary/aromatic N) is 1. The highest BCUT2D eigenvalue weighted by Gasteiger charge is 2.04. The highest BCUT2D eigenvalue weighted by Crippen LogP contribution is 2.19. The molecule has 20 heavy (non-hydrogen) atoms. The van der Waals surface area contributed by atoms with Crippen molar-refractivity contribution in [3.05, 3.63) is 64.8 Å². The second-order valence-corrected chi connectivity index (χ2v) is 5.85. The number of anilines is 1. The van der Waals surface area contributed by atoms with E-state index >= 15 is 0 Å². The molecule has 1 heterocycles. The molecule has 0 bridgehead atoms. The lowest BCUT2D eigenvalue weighted by atomic mass is 10.2. The molecular formula is C17H17BrN2. The van der Waals surface area contributed by atoms with Gasteiger partial charge in [0.1, 0.15) is 0 Å². The Balaban J connectivity index is 1.71. The van der Waals surface area contributed by atoms with Crippen molar-refractivity contribution in [1.29, 1.82) is 0 Å². The molecule has 0 saturated heterocycles. The van der Waals surface area contributed by atoms with Crippen molar-refractivity contribution in [3.8, 4) is 0 Å². The van der Waals surface area contributed by atoms with Gasteiger partial charge in [-0.05, 0) is 48.7 Å². The molecule has 1 N–H and O–H groups in total. The first-order valence-electron chi connectivity index (χ1n) is 6.78. The topological polar surface area (TPSA) is 17.0 Å². The molecular weight excluding hydrogens is 312 g/mol. The fourth-order valence-electron chi connectivity index (χ4n) is 2.52. The highest BCUT2D eigenvalue weighted by atomic mass is 79.9. The van der Waals surface area contributed by atoms with E-state index in [4.69, 9.17) is 0 Å². The molecule has 3 heteroatoms. The lowest BCUT2D eigenvalue weighted by molar-refractivity contribution is 0.735. The molecule has 3 aromatic rings. The molecule has 1 aromatic heterocycles. The highest BCUT2D eigenvalue weighted by molar-refractivity contribution is 9.10. The summed E-state index contributed by atoms with van der Waals surface area (Å²) in [5.41, 5.74) is 3.77. The van der Waals surface area contributed by atoms with Gasteiger partial charge in [-0.25, -0.2) is 0 Å². The van der Waals surface area contributed by atoms with Crippen LogP contribution in [0.25, 0.3) is 10.9 Å². The van der Waals surface area contributed by atoms with Crippen LogP contribution in [0.5, 0.6) is 0 Å². The zero-order valence-electron chi connectivity index (χ0n) is 11.4. The molecule has 0 atom stereocenters. The monoisotopic (exact) mass is 328 g/mol. The van der Waals surface area contributed by atoms with E-state index in [1.165, 1.54) is 16.6 Å². The molecule has 2 nitrogen and oxygen atoms in total. The smallest absolute Gasteiger partial charge is 0.0483 e. The number of para-hydroxylation sites is 1. The Morgan fingerprint density at radius 3 is 2.60 bits per heavy atom. The first kappa shape index (κ1) is 13.3. The van der Waals surface area contributed by atoms with E-state index in [2.05, 4.69) is 87.3 Å². The summed E-state index contributed by atoms with van der Waals surface area (Å²) in [6.45, 7) is 4.05. The molecule has 3 rings (SSSR count). The first-order valence-corrected chi connectivity index (χ1v) is 7.58. The summed E-state index contributed by atoms with van der Waals surface area (Å²) >= 11 is 3.45. The summed E-state index contributed by atoms with van der Waals surface area (Å²) in [7, 11) is 0. The molecule has 0 unspecified atom stereocenters. The van der Waals surface area contributed by atoms with Crippen LogP contribution in [0.1, 0.15) is 5.69 Å². The Morgan fingerprint density at radius 2 is 1.80 bits per heavy atom. The number of nitrogens with one attached hydrogen (secondary N) is 1. The van der Waals surface area contributed by atoms with Gasteiger partial charge in [0, 0.05) is 34.5 Å². The van der Waals surface area contributed by atoms with Gasteiger partial charge < -0.3 is 9.88 Å². The number of aromatic nitrogens is 1. The molecule has 2 aromatic carbocycles. The maximum atomic E-state index is 3.46. The number of fused-ring (bicyclic) bond motifs is 1. The van der Waals surface area contributed by atoms with Gasteiger partial charge in [0.2, 0.25) is 0 Å². The van der Waals surface area contributed by atoms with Crippen molar-refractivity contribution >= 4 is 32.5 Å². The Labute approximate surface area is 127 Å². The zero-order chi connectivity index (χ0) is 13.9.